The molecule has 1 aromatic carbocycles. The van der Waals surface area contributed by atoms with E-state index in [0.29, 0.717) is 0 Å². The first-order chi connectivity index (χ1) is 5.38. The molecule has 0 saturated heterocycles. The minimum Gasteiger partial charge on any atom is -0.193 e. The van der Waals surface area contributed by atoms with Crippen LogP contribution < -0.4 is 0 Å². The van der Waals surface area contributed by atoms with Crippen molar-refractivity contribution in [2.24, 2.45) is 4.99 Å². The molecule has 0 aromatic heterocycles. The summed E-state index contributed by atoms with van der Waals surface area (Å²) in [6, 6.07) is 7.49. The molecule has 0 bridgehead atoms. The lowest BCUT2D eigenvalue weighted by molar-refractivity contribution is 1.40. The first-order valence-corrected chi connectivity index (χ1v) is 4.89. The zero-order valence-corrected chi connectivity index (χ0v) is 7.84. The Morgan fingerprint density at radius 1 is 1.45 bits per heavy atom. The Labute approximate surface area is 79.0 Å². The van der Waals surface area contributed by atoms with Crippen molar-refractivity contribution >= 4 is 44.7 Å². The summed E-state index contributed by atoms with van der Waals surface area (Å²) in [5, 5.41) is 2.30. The summed E-state index contributed by atoms with van der Waals surface area (Å²) >= 11 is 4.47. The zero-order chi connectivity index (χ0) is 8.10. The van der Waals surface area contributed by atoms with Gasteiger partial charge in [-0.25, -0.2) is 0 Å². The summed E-state index contributed by atoms with van der Waals surface area (Å²) in [7, 11) is 6.69. The van der Waals surface area contributed by atoms with E-state index in [1.807, 2.05) is 24.3 Å². The van der Waals surface area contributed by atoms with E-state index < -0.39 is 0 Å². The minimum atomic E-state index is 0.766. The fraction of sp³-hybridized carbons (Fsp3) is 0. The Morgan fingerprint density at radius 2 is 2.18 bits per heavy atom. The van der Waals surface area contributed by atoms with Gasteiger partial charge in [0, 0.05) is 4.90 Å². The van der Waals surface area contributed by atoms with E-state index in [0.717, 1.165) is 21.6 Å². The fourth-order valence-corrected chi connectivity index (χ4v) is 1.48. The predicted octanol–water partition coefficient (Wildman–Crippen LogP) is 3.67. The van der Waals surface area contributed by atoms with Crippen LogP contribution in [-0.2, 0) is 0 Å². The fourth-order valence-electron chi connectivity index (χ4n) is 0.664. The lowest BCUT2D eigenvalue weighted by Crippen LogP contribution is -1.67. The highest BCUT2D eigenvalue weighted by molar-refractivity contribution is 8.21. The van der Waals surface area contributed by atoms with Gasteiger partial charge in [0.25, 0.3) is 0 Å². The molecule has 11 heavy (non-hydrogen) atoms. The van der Waals surface area contributed by atoms with Gasteiger partial charge in [-0.05, 0) is 46.0 Å². The van der Waals surface area contributed by atoms with Crippen LogP contribution in [0.25, 0.3) is 0 Å². The third-order valence-electron chi connectivity index (χ3n) is 1.11. The Hall–Kier alpha value is -0.340. The van der Waals surface area contributed by atoms with E-state index >= 15 is 0 Å². The molecule has 4 heteroatoms. The van der Waals surface area contributed by atoms with E-state index in [4.69, 9.17) is 10.7 Å². The maximum atomic E-state index is 5.56. The first-order valence-electron chi connectivity index (χ1n) is 2.84. The number of rotatable bonds is 2. The van der Waals surface area contributed by atoms with Crippen LogP contribution in [0.4, 0.5) is 5.69 Å². The van der Waals surface area contributed by atoms with Crippen LogP contribution in [0.5, 0.6) is 0 Å². The molecule has 0 N–H and O–H groups in total. The monoisotopic (exact) mass is 201 g/mol. The van der Waals surface area contributed by atoms with Crippen molar-refractivity contribution in [2.75, 3.05) is 0 Å². The number of thiocarbonyl (C=S) groups is 1. The molecule has 0 aliphatic rings. The average Bonchev–Trinajstić information content (AvgIpc) is 2.06. The van der Waals surface area contributed by atoms with E-state index in [1.54, 1.807) is 0 Å². The Morgan fingerprint density at radius 3 is 2.82 bits per heavy atom. The number of hydrogen-bond acceptors (Lipinski definition) is 3. The number of aliphatic imine (C=N–C) groups is 1. The molecule has 0 aliphatic carbocycles. The van der Waals surface area contributed by atoms with Gasteiger partial charge in [-0.15, -0.1) is 0 Å². The summed E-state index contributed by atoms with van der Waals surface area (Å²) in [6.07, 6.45) is 0. The van der Waals surface area contributed by atoms with Gasteiger partial charge in [0.1, 0.15) is 0 Å². The number of hydrogen-bond donors (Lipinski definition) is 0. The van der Waals surface area contributed by atoms with Crippen molar-refractivity contribution < 1.29 is 0 Å². The van der Waals surface area contributed by atoms with Gasteiger partial charge in [-0.1, -0.05) is 12.1 Å². The third-order valence-corrected chi connectivity index (χ3v) is 2.22. The Bertz CT molecular complexity index is 294. The van der Waals surface area contributed by atoms with Gasteiger partial charge < -0.3 is 0 Å². The highest BCUT2D eigenvalue weighted by atomic mass is 35.7. The van der Waals surface area contributed by atoms with Crippen molar-refractivity contribution in [3.8, 4) is 0 Å². The summed E-state index contributed by atoms with van der Waals surface area (Å²) < 4.78 is 0. The standard InChI is InChI=1S/C7H4ClNS2/c8-11-7-4-2-1-3-6(7)9-5-10/h1-4H. The van der Waals surface area contributed by atoms with Crippen molar-refractivity contribution in [1.29, 1.82) is 0 Å². The highest BCUT2D eigenvalue weighted by Crippen LogP contribution is 2.31. The molecule has 1 rings (SSSR count). The lowest BCUT2D eigenvalue weighted by atomic mass is 10.3. The second-order valence-electron chi connectivity index (χ2n) is 1.75. The second-order valence-corrected chi connectivity index (χ2v) is 2.99. The average molecular weight is 202 g/mol. The van der Waals surface area contributed by atoms with Gasteiger partial charge >= 0.3 is 0 Å². The van der Waals surface area contributed by atoms with Crippen LogP contribution in [0.2, 0.25) is 0 Å². The van der Waals surface area contributed by atoms with Crippen molar-refractivity contribution in [3.63, 3.8) is 0 Å². The maximum absolute atomic E-state index is 5.56. The molecule has 0 heterocycles. The summed E-state index contributed by atoms with van der Waals surface area (Å²) in [4.78, 5) is 4.73. The molecular weight excluding hydrogens is 198 g/mol. The van der Waals surface area contributed by atoms with Crippen LogP contribution in [0, 0.1) is 0 Å². The molecule has 0 saturated carbocycles. The van der Waals surface area contributed by atoms with Crippen molar-refractivity contribution in [1.82, 2.24) is 0 Å². The summed E-state index contributed by atoms with van der Waals surface area (Å²) in [5.41, 5.74) is 0.766. The summed E-state index contributed by atoms with van der Waals surface area (Å²) in [5.74, 6) is 0. The van der Waals surface area contributed by atoms with E-state index in [1.165, 1.54) is 0 Å². The molecule has 0 amide bonds. The van der Waals surface area contributed by atoms with E-state index in [9.17, 15) is 0 Å². The van der Waals surface area contributed by atoms with Gasteiger partial charge in [0.05, 0.1) is 10.8 Å². The molecule has 0 fully saturated rings. The Kier molecular flexibility index (Phi) is 3.60. The predicted molar refractivity (Wildman–Crippen MR) is 52.8 cm³/mol. The normalized spacial score (nSPS) is 8.82. The van der Waals surface area contributed by atoms with Crippen LogP contribution in [0.3, 0.4) is 0 Å². The molecule has 1 aromatic rings. The molecule has 0 atom stereocenters. The van der Waals surface area contributed by atoms with Crippen molar-refractivity contribution in [2.45, 2.75) is 4.90 Å². The minimum absolute atomic E-state index is 0.766. The maximum Gasteiger partial charge on any atom is 0.0887 e. The topological polar surface area (TPSA) is 12.4 Å². The molecule has 0 aliphatic heterocycles. The molecule has 56 valence electrons. The quantitative estimate of drug-likeness (QED) is 0.535. The van der Waals surface area contributed by atoms with Crippen LogP contribution >= 0.6 is 33.9 Å². The van der Waals surface area contributed by atoms with Crippen LogP contribution in [0.1, 0.15) is 0 Å². The summed E-state index contributed by atoms with van der Waals surface area (Å²) in [6.45, 7) is 0. The number of para-hydroxylation sites is 1. The van der Waals surface area contributed by atoms with Crippen LogP contribution in [-0.4, -0.2) is 5.16 Å². The Balaban J connectivity index is 3.11. The van der Waals surface area contributed by atoms with Crippen molar-refractivity contribution in [3.05, 3.63) is 24.3 Å². The largest absolute Gasteiger partial charge is 0.193 e. The number of nitrogens with zero attached hydrogens (tertiary/aromatic N) is 1. The molecule has 0 spiro atoms. The smallest absolute Gasteiger partial charge is 0.0887 e. The lowest BCUT2D eigenvalue weighted by Gasteiger charge is -1.95. The number of halogens is 1. The number of benzene rings is 1. The van der Waals surface area contributed by atoms with Crippen LogP contribution in [0.15, 0.2) is 34.2 Å². The molecular formula is C7H4ClNS2. The van der Waals surface area contributed by atoms with E-state index in [-0.39, 0.29) is 0 Å². The SMILES string of the molecule is S=C=Nc1ccccc1SCl. The van der Waals surface area contributed by atoms with Gasteiger partial charge in [-0.3, -0.25) is 0 Å². The second kappa shape index (κ2) is 4.52. The van der Waals surface area contributed by atoms with Gasteiger partial charge in [0.2, 0.25) is 0 Å². The third kappa shape index (κ3) is 2.31. The zero-order valence-electron chi connectivity index (χ0n) is 5.45. The first kappa shape index (κ1) is 8.75. The van der Waals surface area contributed by atoms with E-state index in [2.05, 4.69) is 22.4 Å². The molecule has 0 unspecified atom stereocenters. The van der Waals surface area contributed by atoms with Gasteiger partial charge in [0.15, 0.2) is 0 Å². The highest BCUT2D eigenvalue weighted by Gasteiger charge is 1.96. The molecule has 0 radical (unpaired) electrons. The molecule has 1 nitrogen and oxygen atoms in total. The number of isothiocyanates is 1. The van der Waals surface area contributed by atoms with Gasteiger partial charge in [-0.2, -0.15) is 4.99 Å².